The van der Waals surface area contributed by atoms with E-state index in [-0.39, 0.29) is 5.41 Å². The molecular weight excluding hydrogens is 274 g/mol. The molecular formula is C16H18ClNO2. The van der Waals surface area contributed by atoms with Crippen LogP contribution in [-0.2, 0) is 5.41 Å². The number of hydrogen-bond donors (Lipinski definition) is 0. The topological polar surface area (TPSA) is 31.4 Å². The maximum atomic E-state index is 5.94. The third kappa shape index (κ3) is 3.42. The van der Waals surface area contributed by atoms with Crippen molar-refractivity contribution in [1.29, 1.82) is 0 Å². The third-order valence-electron chi connectivity index (χ3n) is 2.92. The zero-order chi connectivity index (χ0) is 14.8. The minimum atomic E-state index is -0.0549. The summed E-state index contributed by atoms with van der Waals surface area (Å²) in [5, 5.41) is 0.410. The Morgan fingerprint density at radius 3 is 2.40 bits per heavy atom. The molecule has 0 saturated carbocycles. The summed E-state index contributed by atoms with van der Waals surface area (Å²) >= 11 is 5.88. The van der Waals surface area contributed by atoms with Gasteiger partial charge in [0.1, 0.15) is 22.4 Å². The molecule has 0 spiro atoms. The number of rotatable bonds is 3. The van der Waals surface area contributed by atoms with E-state index < -0.39 is 0 Å². The lowest BCUT2D eigenvalue weighted by molar-refractivity contribution is 0.407. The molecule has 4 heteroatoms. The number of aromatic nitrogens is 1. The van der Waals surface area contributed by atoms with Crippen molar-refractivity contribution in [1.82, 2.24) is 4.98 Å². The van der Waals surface area contributed by atoms with Crippen molar-refractivity contribution >= 4 is 11.6 Å². The van der Waals surface area contributed by atoms with Crippen molar-refractivity contribution in [2.24, 2.45) is 0 Å². The van der Waals surface area contributed by atoms with Crippen LogP contribution >= 0.6 is 11.6 Å². The second-order valence-electron chi connectivity index (χ2n) is 5.53. The molecule has 1 aromatic carbocycles. The van der Waals surface area contributed by atoms with Crippen LogP contribution in [0.25, 0.3) is 0 Å². The van der Waals surface area contributed by atoms with Gasteiger partial charge in [-0.05, 0) is 29.7 Å². The molecule has 2 rings (SSSR count). The van der Waals surface area contributed by atoms with Gasteiger partial charge in [-0.15, -0.1) is 0 Å². The van der Waals surface area contributed by atoms with Crippen LogP contribution in [-0.4, -0.2) is 12.1 Å². The Morgan fingerprint density at radius 2 is 1.80 bits per heavy atom. The Morgan fingerprint density at radius 1 is 1.05 bits per heavy atom. The van der Waals surface area contributed by atoms with E-state index >= 15 is 0 Å². The van der Waals surface area contributed by atoms with Crippen LogP contribution < -0.4 is 9.47 Å². The predicted octanol–water partition coefficient (Wildman–Crippen LogP) is 4.83. The number of benzene rings is 1. The predicted molar refractivity (Wildman–Crippen MR) is 81.0 cm³/mol. The summed E-state index contributed by atoms with van der Waals surface area (Å²) in [4.78, 5) is 3.95. The maximum Gasteiger partial charge on any atom is 0.132 e. The standard InChI is InChI=1S/C16H18ClNO2/c1-16(2,3)13-9-11(19-4)5-6-14(13)20-12-7-8-18-15(17)10-12/h5-10H,1-4H3. The molecule has 106 valence electrons. The van der Waals surface area contributed by atoms with E-state index in [4.69, 9.17) is 21.1 Å². The van der Waals surface area contributed by atoms with Crippen molar-refractivity contribution in [2.45, 2.75) is 26.2 Å². The van der Waals surface area contributed by atoms with Gasteiger partial charge in [-0.2, -0.15) is 0 Å². The lowest BCUT2D eigenvalue weighted by Crippen LogP contribution is -2.12. The molecule has 0 aliphatic carbocycles. The van der Waals surface area contributed by atoms with E-state index in [0.29, 0.717) is 10.9 Å². The van der Waals surface area contributed by atoms with Gasteiger partial charge in [0, 0.05) is 17.8 Å². The molecule has 0 N–H and O–H groups in total. The monoisotopic (exact) mass is 291 g/mol. The first kappa shape index (κ1) is 14.7. The van der Waals surface area contributed by atoms with Crippen LogP contribution in [0.3, 0.4) is 0 Å². The Balaban J connectivity index is 2.41. The van der Waals surface area contributed by atoms with Crippen LogP contribution in [0, 0.1) is 0 Å². The minimum Gasteiger partial charge on any atom is -0.497 e. The zero-order valence-corrected chi connectivity index (χ0v) is 12.9. The number of pyridine rings is 1. The fraction of sp³-hybridized carbons (Fsp3) is 0.312. The van der Waals surface area contributed by atoms with E-state index in [1.165, 1.54) is 0 Å². The summed E-state index contributed by atoms with van der Waals surface area (Å²) in [6, 6.07) is 9.26. The number of methoxy groups -OCH3 is 1. The summed E-state index contributed by atoms with van der Waals surface area (Å²) in [7, 11) is 1.66. The fourth-order valence-electron chi connectivity index (χ4n) is 1.89. The molecule has 0 unspecified atom stereocenters. The molecule has 0 aliphatic heterocycles. The molecule has 0 bridgehead atoms. The molecule has 0 atom stereocenters. The molecule has 0 aliphatic rings. The third-order valence-corrected chi connectivity index (χ3v) is 3.13. The van der Waals surface area contributed by atoms with Gasteiger partial charge < -0.3 is 9.47 Å². The molecule has 0 fully saturated rings. The average Bonchev–Trinajstić information content (AvgIpc) is 2.38. The van der Waals surface area contributed by atoms with E-state index in [2.05, 4.69) is 25.8 Å². The lowest BCUT2D eigenvalue weighted by Gasteiger charge is -2.23. The summed E-state index contributed by atoms with van der Waals surface area (Å²) in [6.45, 7) is 6.40. The second-order valence-corrected chi connectivity index (χ2v) is 5.92. The highest BCUT2D eigenvalue weighted by Gasteiger charge is 2.20. The first-order valence-corrected chi connectivity index (χ1v) is 6.76. The Hall–Kier alpha value is -1.74. The Labute approximate surface area is 124 Å². The van der Waals surface area contributed by atoms with Gasteiger partial charge >= 0.3 is 0 Å². The number of nitrogens with zero attached hydrogens (tertiary/aromatic N) is 1. The van der Waals surface area contributed by atoms with Crippen molar-refractivity contribution in [3.8, 4) is 17.2 Å². The van der Waals surface area contributed by atoms with E-state index in [1.807, 2.05) is 18.2 Å². The summed E-state index contributed by atoms with van der Waals surface area (Å²) in [5.74, 6) is 2.27. The molecule has 0 amide bonds. The van der Waals surface area contributed by atoms with E-state index in [9.17, 15) is 0 Å². The maximum absolute atomic E-state index is 5.94. The minimum absolute atomic E-state index is 0.0549. The van der Waals surface area contributed by atoms with E-state index in [0.717, 1.165) is 17.1 Å². The van der Waals surface area contributed by atoms with Crippen LogP contribution in [0.2, 0.25) is 5.15 Å². The summed E-state index contributed by atoms with van der Waals surface area (Å²) in [5.41, 5.74) is 1.02. The van der Waals surface area contributed by atoms with Gasteiger partial charge in [0.2, 0.25) is 0 Å². The normalized spacial score (nSPS) is 11.2. The Bertz CT molecular complexity index is 606. The quantitative estimate of drug-likeness (QED) is 0.759. The van der Waals surface area contributed by atoms with Gasteiger partial charge in [-0.25, -0.2) is 4.98 Å². The van der Waals surface area contributed by atoms with Crippen molar-refractivity contribution in [3.05, 3.63) is 47.2 Å². The highest BCUT2D eigenvalue weighted by Crippen LogP contribution is 2.36. The van der Waals surface area contributed by atoms with Gasteiger partial charge in [-0.1, -0.05) is 32.4 Å². The second kappa shape index (κ2) is 5.71. The zero-order valence-electron chi connectivity index (χ0n) is 12.1. The van der Waals surface area contributed by atoms with Crippen molar-refractivity contribution in [3.63, 3.8) is 0 Å². The van der Waals surface area contributed by atoms with E-state index in [1.54, 1.807) is 25.4 Å². The van der Waals surface area contributed by atoms with Crippen LogP contribution in [0.5, 0.6) is 17.2 Å². The van der Waals surface area contributed by atoms with Crippen LogP contribution in [0.1, 0.15) is 26.3 Å². The first-order valence-electron chi connectivity index (χ1n) is 6.38. The summed E-state index contributed by atoms with van der Waals surface area (Å²) < 4.78 is 11.2. The highest BCUT2D eigenvalue weighted by molar-refractivity contribution is 6.29. The van der Waals surface area contributed by atoms with Gasteiger partial charge in [-0.3, -0.25) is 0 Å². The number of ether oxygens (including phenoxy) is 2. The molecule has 20 heavy (non-hydrogen) atoms. The number of halogens is 1. The molecule has 3 nitrogen and oxygen atoms in total. The van der Waals surface area contributed by atoms with Gasteiger partial charge in [0.05, 0.1) is 7.11 Å². The van der Waals surface area contributed by atoms with Crippen molar-refractivity contribution < 1.29 is 9.47 Å². The molecule has 2 aromatic rings. The van der Waals surface area contributed by atoms with Crippen molar-refractivity contribution in [2.75, 3.05) is 7.11 Å². The smallest absolute Gasteiger partial charge is 0.132 e. The number of hydrogen-bond acceptors (Lipinski definition) is 3. The molecule has 1 aromatic heterocycles. The molecule has 0 saturated heterocycles. The average molecular weight is 292 g/mol. The highest BCUT2D eigenvalue weighted by atomic mass is 35.5. The van der Waals surface area contributed by atoms with Crippen LogP contribution in [0.4, 0.5) is 0 Å². The van der Waals surface area contributed by atoms with Gasteiger partial charge in [0.25, 0.3) is 0 Å². The summed E-state index contributed by atoms with van der Waals surface area (Å²) in [6.07, 6.45) is 1.62. The molecule has 0 radical (unpaired) electrons. The lowest BCUT2D eigenvalue weighted by atomic mass is 9.86. The molecule has 1 heterocycles. The SMILES string of the molecule is COc1ccc(Oc2ccnc(Cl)c2)c(C(C)(C)C)c1. The Kier molecular flexibility index (Phi) is 4.19. The van der Waals surface area contributed by atoms with Crippen LogP contribution in [0.15, 0.2) is 36.5 Å². The first-order chi connectivity index (χ1) is 9.40. The fourth-order valence-corrected chi connectivity index (χ4v) is 2.05. The largest absolute Gasteiger partial charge is 0.497 e. The van der Waals surface area contributed by atoms with Gasteiger partial charge in [0.15, 0.2) is 0 Å².